The first-order chi connectivity index (χ1) is 18.6. The monoisotopic (exact) mass is 516 g/mol. The number of halogens is 1. The molecule has 1 N–H and O–H groups in total. The number of ether oxygens (including phenoxy) is 2. The van der Waals surface area contributed by atoms with Crippen LogP contribution in [0.15, 0.2) is 70.1 Å². The number of nitrogens with one attached hydrogen (secondary N) is 1. The van der Waals surface area contributed by atoms with Gasteiger partial charge in [0, 0.05) is 23.6 Å². The summed E-state index contributed by atoms with van der Waals surface area (Å²) in [6.45, 7) is 3.35. The third-order valence-electron chi connectivity index (χ3n) is 6.66. The van der Waals surface area contributed by atoms with Gasteiger partial charge in [0.15, 0.2) is 17.3 Å². The molecular formula is C27H25FN6O4. The summed E-state index contributed by atoms with van der Waals surface area (Å²) in [5.74, 6) is 2.35. The molecule has 38 heavy (non-hydrogen) atoms. The zero-order valence-corrected chi connectivity index (χ0v) is 20.6. The molecule has 0 saturated heterocycles. The van der Waals surface area contributed by atoms with E-state index in [-0.39, 0.29) is 24.2 Å². The minimum atomic E-state index is -0.300. The summed E-state index contributed by atoms with van der Waals surface area (Å²) in [5.41, 5.74) is 1.94. The highest BCUT2D eigenvalue weighted by Gasteiger charge is 2.27. The minimum absolute atomic E-state index is 0.157. The first-order valence-electron chi connectivity index (χ1n) is 12.3. The van der Waals surface area contributed by atoms with Crippen molar-refractivity contribution in [2.24, 2.45) is 0 Å². The summed E-state index contributed by atoms with van der Waals surface area (Å²) in [6.07, 6.45) is 2.30. The van der Waals surface area contributed by atoms with Crippen molar-refractivity contribution in [3.05, 3.63) is 99.7 Å². The predicted molar refractivity (Wildman–Crippen MR) is 135 cm³/mol. The number of aromatic nitrogens is 5. The van der Waals surface area contributed by atoms with Crippen molar-refractivity contribution in [3.8, 4) is 11.5 Å². The minimum Gasteiger partial charge on any atom is -0.468 e. The van der Waals surface area contributed by atoms with Crippen molar-refractivity contribution < 1.29 is 18.3 Å². The highest BCUT2D eigenvalue weighted by Crippen LogP contribution is 2.35. The molecule has 0 aliphatic carbocycles. The smallest absolute Gasteiger partial charge is 0.252 e. The Kier molecular flexibility index (Phi) is 6.34. The van der Waals surface area contributed by atoms with E-state index >= 15 is 0 Å². The Morgan fingerprint density at radius 2 is 1.92 bits per heavy atom. The van der Waals surface area contributed by atoms with Gasteiger partial charge in [0.25, 0.3) is 5.56 Å². The first-order valence-corrected chi connectivity index (χ1v) is 12.3. The highest BCUT2D eigenvalue weighted by atomic mass is 19.1. The molecule has 4 heterocycles. The van der Waals surface area contributed by atoms with E-state index in [1.807, 2.05) is 31.2 Å². The van der Waals surface area contributed by atoms with E-state index in [1.165, 1.54) is 12.1 Å². The molecule has 1 atom stereocenters. The van der Waals surface area contributed by atoms with Crippen LogP contribution >= 0.6 is 0 Å². The quantitative estimate of drug-likeness (QED) is 0.311. The number of rotatable bonds is 9. The predicted octanol–water partition coefficient (Wildman–Crippen LogP) is 4.18. The Hall–Kier alpha value is -4.51. The summed E-state index contributed by atoms with van der Waals surface area (Å²) in [5, 5.41) is 13.3. The molecule has 0 radical (unpaired) electrons. The van der Waals surface area contributed by atoms with Gasteiger partial charge < -0.3 is 18.9 Å². The second-order valence-corrected chi connectivity index (χ2v) is 9.15. The average Bonchev–Trinajstić information content (AvgIpc) is 3.68. The standard InChI is InChI=1S/C27H25FN6O4/c1-2-23(26-30-31-32-34(26)13-17-5-7-20(28)8-6-17)33(15-21-4-3-9-36-21)14-19-10-18-11-24-25(38-16-37-24)12-22(18)29-27(19)35/h3-12,23H,2,13-16H2,1H3,(H,29,35)/t23-/m0/s1. The van der Waals surface area contributed by atoms with Crippen molar-refractivity contribution in [2.75, 3.05) is 6.79 Å². The van der Waals surface area contributed by atoms with Crippen molar-refractivity contribution in [1.82, 2.24) is 30.1 Å². The van der Waals surface area contributed by atoms with Crippen LogP contribution in [0.4, 0.5) is 4.39 Å². The van der Waals surface area contributed by atoms with E-state index in [2.05, 4.69) is 25.4 Å². The molecule has 0 spiro atoms. The fraction of sp³-hybridized carbons (Fsp3) is 0.259. The zero-order valence-electron chi connectivity index (χ0n) is 20.6. The van der Waals surface area contributed by atoms with Gasteiger partial charge in [0.05, 0.1) is 30.9 Å². The number of H-pyrrole nitrogens is 1. The number of fused-ring (bicyclic) bond motifs is 2. The topological polar surface area (TPSA) is 111 Å². The average molecular weight is 517 g/mol. The van der Waals surface area contributed by atoms with Crippen LogP contribution in [0.25, 0.3) is 10.9 Å². The van der Waals surface area contributed by atoms with Gasteiger partial charge in [-0.25, -0.2) is 9.07 Å². The number of tetrazole rings is 1. The molecule has 0 amide bonds. The molecule has 3 aromatic heterocycles. The lowest BCUT2D eigenvalue weighted by Gasteiger charge is -2.29. The van der Waals surface area contributed by atoms with Crippen molar-refractivity contribution in [1.29, 1.82) is 0 Å². The molecule has 194 valence electrons. The maximum atomic E-state index is 13.4. The second kappa shape index (κ2) is 10.1. The number of pyridine rings is 1. The number of furan rings is 1. The number of hydrogen-bond donors (Lipinski definition) is 1. The van der Waals surface area contributed by atoms with Crippen LogP contribution in [0.1, 0.15) is 42.1 Å². The summed E-state index contributed by atoms with van der Waals surface area (Å²) in [4.78, 5) is 18.2. The van der Waals surface area contributed by atoms with Gasteiger partial charge in [0.1, 0.15) is 11.6 Å². The van der Waals surface area contributed by atoms with E-state index in [4.69, 9.17) is 13.9 Å². The van der Waals surface area contributed by atoms with Gasteiger partial charge in [-0.2, -0.15) is 0 Å². The molecule has 11 heteroatoms. The molecular weight excluding hydrogens is 491 g/mol. The van der Waals surface area contributed by atoms with Gasteiger partial charge in [0.2, 0.25) is 6.79 Å². The van der Waals surface area contributed by atoms with Crippen molar-refractivity contribution in [2.45, 2.75) is 39.0 Å². The number of hydrogen-bond acceptors (Lipinski definition) is 8. The van der Waals surface area contributed by atoms with E-state index in [0.717, 1.165) is 16.7 Å². The van der Waals surface area contributed by atoms with E-state index in [9.17, 15) is 9.18 Å². The molecule has 0 unspecified atom stereocenters. The lowest BCUT2D eigenvalue weighted by Crippen LogP contribution is -2.32. The summed E-state index contributed by atoms with van der Waals surface area (Å²) >= 11 is 0. The number of benzene rings is 2. The normalized spacial score (nSPS) is 13.4. The third kappa shape index (κ3) is 4.75. The Labute approximate surface area is 216 Å². The molecule has 2 aromatic carbocycles. The summed E-state index contributed by atoms with van der Waals surface area (Å²) in [6, 6.07) is 15.3. The molecule has 10 nitrogen and oxygen atoms in total. The maximum absolute atomic E-state index is 13.4. The highest BCUT2D eigenvalue weighted by molar-refractivity contribution is 5.83. The number of aromatic amines is 1. The van der Waals surface area contributed by atoms with Crippen LogP contribution in [-0.4, -0.2) is 36.9 Å². The fourth-order valence-electron chi connectivity index (χ4n) is 4.79. The van der Waals surface area contributed by atoms with E-state index in [1.54, 1.807) is 29.1 Å². The van der Waals surface area contributed by atoms with Crippen LogP contribution < -0.4 is 15.0 Å². The van der Waals surface area contributed by atoms with Crippen LogP contribution in [-0.2, 0) is 19.6 Å². The molecule has 6 rings (SSSR count). The van der Waals surface area contributed by atoms with Gasteiger partial charge in [-0.15, -0.1) is 5.10 Å². The van der Waals surface area contributed by atoms with E-state index < -0.39 is 0 Å². The molecule has 5 aromatic rings. The Balaban J connectivity index is 1.35. The Bertz CT molecular complexity index is 1610. The Morgan fingerprint density at radius 3 is 2.68 bits per heavy atom. The van der Waals surface area contributed by atoms with Crippen LogP contribution in [0, 0.1) is 5.82 Å². The molecule has 0 bridgehead atoms. The van der Waals surface area contributed by atoms with Crippen LogP contribution in [0.5, 0.6) is 11.5 Å². The third-order valence-corrected chi connectivity index (χ3v) is 6.66. The second-order valence-electron chi connectivity index (χ2n) is 9.15. The summed E-state index contributed by atoms with van der Waals surface area (Å²) in [7, 11) is 0. The molecule has 0 saturated carbocycles. The van der Waals surface area contributed by atoms with Crippen LogP contribution in [0.2, 0.25) is 0 Å². The Morgan fingerprint density at radius 1 is 1.11 bits per heavy atom. The van der Waals surface area contributed by atoms with Gasteiger partial charge >= 0.3 is 0 Å². The summed E-state index contributed by atoms with van der Waals surface area (Å²) < 4.78 is 31.7. The van der Waals surface area contributed by atoms with Crippen LogP contribution in [0.3, 0.4) is 0 Å². The fourth-order valence-corrected chi connectivity index (χ4v) is 4.79. The van der Waals surface area contributed by atoms with Crippen molar-refractivity contribution in [3.63, 3.8) is 0 Å². The lowest BCUT2D eigenvalue weighted by molar-refractivity contribution is 0.149. The van der Waals surface area contributed by atoms with Gasteiger partial charge in [-0.05, 0) is 58.8 Å². The maximum Gasteiger partial charge on any atom is 0.252 e. The number of nitrogens with zero attached hydrogens (tertiary/aromatic N) is 5. The molecule has 0 fully saturated rings. The largest absolute Gasteiger partial charge is 0.468 e. The molecule has 1 aliphatic heterocycles. The van der Waals surface area contributed by atoms with Gasteiger partial charge in [-0.1, -0.05) is 19.1 Å². The lowest BCUT2D eigenvalue weighted by atomic mass is 10.1. The van der Waals surface area contributed by atoms with Gasteiger partial charge in [-0.3, -0.25) is 9.69 Å². The first kappa shape index (κ1) is 23.9. The SMILES string of the molecule is CC[C@@H](c1nnnn1Cc1ccc(F)cc1)N(Cc1ccco1)Cc1cc2cc3c(cc2[nH]c1=O)OCO3. The molecule has 1 aliphatic rings. The zero-order chi connectivity index (χ0) is 26.1. The van der Waals surface area contributed by atoms with Crippen molar-refractivity contribution >= 4 is 10.9 Å². The van der Waals surface area contributed by atoms with E-state index in [0.29, 0.717) is 54.5 Å².